The molecule has 2 aliphatic rings. The molecule has 2 N–H and O–H groups in total. The number of aromatic nitrogens is 7. The Morgan fingerprint density at radius 1 is 0.818 bits per heavy atom. The number of thiazole rings is 1. The summed E-state index contributed by atoms with van der Waals surface area (Å²) in [6, 6.07) is 15.8. The fraction of sp³-hybridized carbons (Fsp3) is 0.227. The van der Waals surface area contributed by atoms with E-state index in [-0.39, 0.29) is 0 Å². The summed E-state index contributed by atoms with van der Waals surface area (Å²) < 4.78 is 11.4. The standard InChI is InChI=1S/C7H5NS.C7H6O2.C4H8S.2C2H3N3/c2*1-2-4-7-6(3-1)8-5-9-7;1-2-4-5-3-1;1-3-2-5-4-1;1-2-4-5-3-1/h1-5H;1-4H,5H2;1-4H2;2*1-2H,(H,3,4,5). The minimum Gasteiger partial charge on any atom is -0.454 e. The van der Waals surface area contributed by atoms with Gasteiger partial charge in [0, 0.05) is 0 Å². The summed E-state index contributed by atoms with van der Waals surface area (Å²) in [6.07, 6.45) is 9.05. The van der Waals surface area contributed by atoms with Crippen molar-refractivity contribution in [2.75, 3.05) is 18.3 Å². The molecule has 2 aliphatic heterocycles. The van der Waals surface area contributed by atoms with Gasteiger partial charge in [0.05, 0.1) is 28.1 Å². The van der Waals surface area contributed by atoms with Crippen LogP contribution in [0.3, 0.4) is 0 Å². The number of aromatic amines is 2. The number of H-pyrrole nitrogens is 2. The Morgan fingerprint density at radius 2 is 1.52 bits per heavy atom. The molecule has 0 saturated carbocycles. The van der Waals surface area contributed by atoms with Crippen molar-refractivity contribution in [1.82, 2.24) is 35.6 Å². The van der Waals surface area contributed by atoms with Gasteiger partial charge in [0.2, 0.25) is 6.79 Å². The van der Waals surface area contributed by atoms with Crippen molar-refractivity contribution in [3.8, 4) is 11.5 Å². The van der Waals surface area contributed by atoms with Crippen LogP contribution >= 0.6 is 23.1 Å². The Bertz CT molecular complexity index is 980. The average molecular weight is 484 g/mol. The quantitative estimate of drug-likeness (QED) is 0.322. The van der Waals surface area contributed by atoms with Crippen LogP contribution in [0.2, 0.25) is 0 Å². The second-order valence-electron chi connectivity index (χ2n) is 6.30. The number of rotatable bonds is 0. The minimum atomic E-state index is 0.360. The zero-order valence-corrected chi connectivity index (χ0v) is 19.5. The highest BCUT2D eigenvalue weighted by Crippen LogP contribution is 2.30. The molecule has 172 valence electrons. The fourth-order valence-corrected chi connectivity index (χ4v) is 4.19. The number of hydrogen-bond donors (Lipinski definition) is 2. The third-order valence-corrected chi connectivity index (χ3v) is 5.97. The summed E-state index contributed by atoms with van der Waals surface area (Å²) in [7, 11) is 0. The smallest absolute Gasteiger partial charge is 0.231 e. The van der Waals surface area contributed by atoms with E-state index in [1.165, 1.54) is 41.7 Å². The van der Waals surface area contributed by atoms with Gasteiger partial charge in [0.25, 0.3) is 0 Å². The molecule has 0 bridgehead atoms. The van der Waals surface area contributed by atoms with Crippen molar-refractivity contribution < 1.29 is 9.47 Å². The maximum atomic E-state index is 5.08. The topological polar surface area (TPSA) is 114 Å². The lowest BCUT2D eigenvalue weighted by molar-refractivity contribution is 0.174. The monoisotopic (exact) mass is 483 g/mol. The molecule has 0 atom stereocenters. The number of nitrogens with one attached hydrogen (secondary N) is 2. The van der Waals surface area contributed by atoms with Gasteiger partial charge in [-0.05, 0) is 48.6 Å². The van der Waals surface area contributed by atoms with E-state index in [9.17, 15) is 0 Å². The van der Waals surface area contributed by atoms with E-state index in [1.54, 1.807) is 23.7 Å². The zero-order chi connectivity index (χ0) is 22.8. The van der Waals surface area contributed by atoms with Crippen LogP contribution < -0.4 is 9.47 Å². The van der Waals surface area contributed by atoms with Gasteiger partial charge in [-0.3, -0.25) is 5.10 Å². The first-order valence-corrected chi connectivity index (χ1v) is 12.3. The van der Waals surface area contributed by atoms with E-state index in [1.807, 2.05) is 48.0 Å². The molecule has 7 rings (SSSR count). The molecule has 0 aliphatic carbocycles. The Balaban J connectivity index is 0.000000120. The molecule has 5 heterocycles. The number of hydrogen-bond acceptors (Lipinski definition) is 9. The van der Waals surface area contributed by atoms with Gasteiger partial charge in [0.15, 0.2) is 11.5 Å². The van der Waals surface area contributed by atoms with Gasteiger partial charge in [-0.1, -0.05) is 24.3 Å². The number of thioether (sulfide) groups is 1. The van der Waals surface area contributed by atoms with E-state index < -0.39 is 0 Å². The molecule has 0 unspecified atom stereocenters. The van der Waals surface area contributed by atoms with Gasteiger partial charge in [-0.25, -0.2) is 9.97 Å². The van der Waals surface area contributed by atoms with Crippen LogP contribution in [0.1, 0.15) is 12.8 Å². The Morgan fingerprint density at radius 3 is 2.00 bits per heavy atom. The lowest BCUT2D eigenvalue weighted by atomic mass is 10.3. The molecule has 0 spiro atoms. The second-order valence-corrected chi connectivity index (χ2v) is 8.41. The first-order valence-electron chi connectivity index (χ1n) is 10.2. The number of ether oxygens (including phenoxy) is 2. The molecule has 0 amide bonds. The Labute approximate surface area is 200 Å². The first-order chi connectivity index (χ1) is 16.4. The van der Waals surface area contributed by atoms with Crippen LogP contribution in [0.25, 0.3) is 10.2 Å². The highest BCUT2D eigenvalue weighted by molar-refractivity contribution is 7.99. The predicted molar refractivity (Wildman–Crippen MR) is 132 cm³/mol. The van der Waals surface area contributed by atoms with Crippen LogP contribution in [0.5, 0.6) is 11.5 Å². The van der Waals surface area contributed by atoms with Gasteiger partial charge < -0.3 is 9.47 Å². The summed E-state index contributed by atoms with van der Waals surface area (Å²) in [6.45, 7) is 0.360. The Hall–Kier alpha value is -3.44. The number of fused-ring (bicyclic) bond motifs is 2. The average Bonchev–Trinajstić information content (AvgIpc) is 3.71. The predicted octanol–water partition coefficient (Wildman–Crippen LogP) is 4.83. The molecule has 2 aromatic carbocycles. The maximum absolute atomic E-state index is 5.08. The van der Waals surface area contributed by atoms with Crippen LogP contribution in [0.4, 0.5) is 0 Å². The van der Waals surface area contributed by atoms with Crippen molar-refractivity contribution in [3.63, 3.8) is 0 Å². The lowest BCUT2D eigenvalue weighted by Crippen LogP contribution is -1.92. The van der Waals surface area contributed by atoms with Crippen LogP contribution in [0, 0.1) is 0 Å². The van der Waals surface area contributed by atoms with E-state index in [0.717, 1.165) is 17.0 Å². The molecular formula is C22H25N7O2S2. The van der Waals surface area contributed by atoms with E-state index in [4.69, 9.17) is 9.47 Å². The van der Waals surface area contributed by atoms with Crippen molar-refractivity contribution >= 4 is 33.3 Å². The molecule has 1 fully saturated rings. The number of nitrogens with zero attached hydrogens (tertiary/aromatic N) is 5. The minimum absolute atomic E-state index is 0.360. The fourth-order valence-electron chi connectivity index (χ4n) is 2.49. The third kappa shape index (κ3) is 9.71. The van der Waals surface area contributed by atoms with Gasteiger partial charge in [0.1, 0.15) is 12.7 Å². The molecule has 3 aromatic heterocycles. The molecule has 1 saturated heterocycles. The van der Waals surface area contributed by atoms with Gasteiger partial charge >= 0.3 is 0 Å². The molecule has 5 aromatic rings. The van der Waals surface area contributed by atoms with Crippen LogP contribution in [0.15, 0.2) is 79.1 Å². The van der Waals surface area contributed by atoms with Crippen LogP contribution in [-0.4, -0.2) is 53.9 Å². The number of para-hydroxylation sites is 3. The maximum Gasteiger partial charge on any atom is 0.231 e. The summed E-state index contributed by atoms with van der Waals surface area (Å²) in [5, 5.41) is 15.3. The van der Waals surface area contributed by atoms with Crippen molar-refractivity contribution in [1.29, 1.82) is 0 Å². The summed E-state index contributed by atoms with van der Waals surface area (Å²) in [5.74, 6) is 4.52. The normalized spacial score (nSPS) is 12.6. The summed E-state index contributed by atoms with van der Waals surface area (Å²) in [5.41, 5.74) is 2.97. The zero-order valence-electron chi connectivity index (χ0n) is 17.9. The largest absolute Gasteiger partial charge is 0.454 e. The highest BCUT2D eigenvalue weighted by atomic mass is 32.2. The molecule has 33 heavy (non-hydrogen) atoms. The van der Waals surface area contributed by atoms with Gasteiger partial charge in [-0.2, -0.15) is 32.3 Å². The van der Waals surface area contributed by atoms with Crippen molar-refractivity contribution in [3.05, 3.63) is 79.1 Å². The van der Waals surface area contributed by atoms with E-state index in [0.29, 0.717) is 6.79 Å². The second kappa shape index (κ2) is 15.4. The van der Waals surface area contributed by atoms with Crippen molar-refractivity contribution in [2.24, 2.45) is 0 Å². The molecule has 0 radical (unpaired) electrons. The third-order valence-electron chi connectivity index (χ3n) is 4.00. The SMILES string of the molecule is C1CCSC1.c1ccc2c(c1)OCO2.c1ccc2scnc2c1.c1cn[nH]n1.c1nc[nH]n1. The van der Waals surface area contributed by atoms with Crippen molar-refractivity contribution in [2.45, 2.75) is 12.8 Å². The lowest BCUT2D eigenvalue weighted by Gasteiger charge is -1.89. The highest BCUT2D eigenvalue weighted by Gasteiger charge is 2.09. The van der Waals surface area contributed by atoms with E-state index >= 15 is 0 Å². The molecular weight excluding hydrogens is 458 g/mol. The first kappa shape index (κ1) is 24.2. The Kier molecular flexibility index (Phi) is 11.3. The van der Waals surface area contributed by atoms with Gasteiger partial charge in [-0.15, -0.1) is 11.3 Å². The summed E-state index contributed by atoms with van der Waals surface area (Å²) in [4.78, 5) is 7.69. The number of benzene rings is 2. The molecule has 11 heteroatoms. The summed E-state index contributed by atoms with van der Waals surface area (Å²) >= 11 is 3.75. The van der Waals surface area contributed by atoms with Crippen LogP contribution in [-0.2, 0) is 0 Å². The van der Waals surface area contributed by atoms with E-state index in [2.05, 4.69) is 53.4 Å². The molecule has 9 nitrogen and oxygen atoms in total.